The number of phenolic OH excluding ortho intramolecular Hbond substituents is 1. The fourth-order valence-corrected chi connectivity index (χ4v) is 3.29. The van der Waals surface area contributed by atoms with E-state index in [1.165, 1.54) is 11.2 Å². The van der Waals surface area contributed by atoms with Crippen LogP contribution in [0.15, 0.2) is 35.7 Å². The van der Waals surface area contributed by atoms with E-state index >= 15 is 0 Å². The molecule has 106 valence electrons. The van der Waals surface area contributed by atoms with Crippen molar-refractivity contribution in [2.75, 3.05) is 0 Å². The molecular weight excluding hydrogens is 284 g/mol. The Bertz CT molecular complexity index is 854. The summed E-state index contributed by atoms with van der Waals surface area (Å²) in [6, 6.07) is 6.95. The van der Waals surface area contributed by atoms with Crippen molar-refractivity contribution in [1.82, 2.24) is 9.97 Å². The average molecular weight is 298 g/mol. The minimum absolute atomic E-state index is 0.123. The van der Waals surface area contributed by atoms with Gasteiger partial charge in [-0.15, -0.1) is 11.3 Å². The van der Waals surface area contributed by atoms with Gasteiger partial charge in [0.1, 0.15) is 28.3 Å². The molecule has 0 aliphatic heterocycles. The number of nitrogens with two attached hydrogens (primary N) is 1. The van der Waals surface area contributed by atoms with E-state index in [1.807, 2.05) is 19.9 Å². The van der Waals surface area contributed by atoms with Gasteiger partial charge in [0, 0.05) is 15.8 Å². The number of hydrazone groups is 1. The molecule has 0 aliphatic carbocycles. The number of nitrogens with zero attached hydrogens (tertiary/aromatic N) is 3. The highest BCUT2D eigenvalue weighted by Crippen LogP contribution is 2.32. The number of thiophene rings is 1. The summed E-state index contributed by atoms with van der Waals surface area (Å²) in [5, 5.41) is 14.8. The van der Waals surface area contributed by atoms with Crippen LogP contribution < -0.4 is 5.84 Å². The van der Waals surface area contributed by atoms with Gasteiger partial charge in [-0.25, -0.2) is 9.97 Å². The lowest BCUT2D eigenvalue weighted by molar-refractivity contribution is 0.474. The van der Waals surface area contributed by atoms with E-state index in [4.69, 9.17) is 5.84 Å². The van der Waals surface area contributed by atoms with E-state index in [-0.39, 0.29) is 5.75 Å². The van der Waals surface area contributed by atoms with Gasteiger partial charge in [0.2, 0.25) is 0 Å². The lowest BCUT2D eigenvalue weighted by atomic mass is 10.0. The van der Waals surface area contributed by atoms with Gasteiger partial charge in [0.15, 0.2) is 0 Å². The highest BCUT2D eigenvalue weighted by Gasteiger charge is 2.19. The van der Waals surface area contributed by atoms with Crippen molar-refractivity contribution < 1.29 is 5.11 Å². The molecule has 0 spiro atoms. The Labute approximate surface area is 125 Å². The highest BCUT2D eigenvalue weighted by molar-refractivity contribution is 7.18. The van der Waals surface area contributed by atoms with E-state index in [2.05, 4.69) is 15.1 Å². The van der Waals surface area contributed by atoms with Crippen LogP contribution in [-0.4, -0.2) is 20.8 Å². The molecular formula is C15H14N4OS. The molecule has 2 heterocycles. The van der Waals surface area contributed by atoms with Crippen molar-refractivity contribution in [2.45, 2.75) is 13.8 Å². The molecule has 0 radical (unpaired) electrons. The van der Waals surface area contributed by atoms with Crippen LogP contribution in [0, 0.1) is 13.8 Å². The lowest BCUT2D eigenvalue weighted by Crippen LogP contribution is -2.10. The Morgan fingerprint density at radius 2 is 2.00 bits per heavy atom. The normalized spacial score (nSPS) is 12.0. The number of phenols is 1. The first kappa shape index (κ1) is 13.5. The quantitative estimate of drug-likeness (QED) is 0.433. The molecule has 0 fully saturated rings. The average Bonchev–Trinajstić information content (AvgIpc) is 2.78. The van der Waals surface area contributed by atoms with Gasteiger partial charge in [0.25, 0.3) is 0 Å². The molecule has 21 heavy (non-hydrogen) atoms. The van der Waals surface area contributed by atoms with Crippen LogP contribution in [0.4, 0.5) is 0 Å². The van der Waals surface area contributed by atoms with Crippen molar-refractivity contribution in [3.8, 4) is 5.75 Å². The molecule has 3 rings (SSSR count). The summed E-state index contributed by atoms with van der Waals surface area (Å²) >= 11 is 1.61. The topological polar surface area (TPSA) is 84.4 Å². The Kier molecular flexibility index (Phi) is 3.31. The van der Waals surface area contributed by atoms with Crippen LogP contribution in [-0.2, 0) is 0 Å². The zero-order chi connectivity index (χ0) is 15.0. The number of aromatic hydroxyl groups is 1. The van der Waals surface area contributed by atoms with Crippen molar-refractivity contribution >= 4 is 27.3 Å². The van der Waals surface area contributed by atoms with Crippen molar-refractivity contribution in [2.24, 2.45) is 10.9 Å². The standard InChI is InChI=1S/C15H14N4OS/c1-8-9(2)21-15-12(8)14(17-7-18-15)13(19-16)10-5-3-4-6-11(10)20/h3-7,20H,16H2,1-2H3/b19-13+. The number of aromatic nitrogens is 2. The molecule has 1 aromatic carbocycles. The third-order valence-electron chi connectivity index (χ3n) is 3.48. The van der Waals surface area contributed by atoms with Crippen LogP contribution in [0.25, 0.3) is 10.2 Å². The molecule has 2 aromatic heterocycles. The molecule has 5 nitrogen and oxygen atoms in total. The zero-order valence-corrected chi connectivity index (χ0v) is 12.5. The minimum Gasteiger partial charge on any atom is -0.507 e. The second-order valence-corrected chi connectivity index (χ2v) is 5.88. The third kappa shape index (κ3) is 2.13. The smallest absolute Gasteiger partial charge is 0.127 e. The van der Waals surface area contributed by atoms with Gasteiger partial charge >= 0.3 is 0 Å². The van der Waals surface area contributed by atoms with E-state index in [0.717, 1.165) is 15.8 Å². The van der Waals surface area contributed by atoms with Crippen molar-refractivity contribution in [3.63, 3.8) is 0 Å². The summed E-state index contributed by atoms with van der Waals surface area (Å²) in [6.45, 7) is 4.07. The molecule has 0 unspecified atom stereocenters. The van der Waals surface area contributed by atoms with Crippen LogP contribution in [0.3, 0.4) is 0 Å². The number of fused-ring (bicyclic) bond motifs is 1. The number of rotatable bonds is 2. The largest absolute Gasteiger partial charge is 0.507 e. The molecule has 6 heteroatoms. The fraction of sp³-hybridized carbons (Fsp3) is 0.133. The lowest BCUT2D eigenvalue weighted by Gasteiger charge is -2.08. The number of aryl methyl sites for hydroxylation is 2. The predicted molar refractivity (Wildman–Crippen MR) is 84.8 cm³/mol. The number of para-hydroxylation sites is 1. The molecule has 0 amide bonds. The first-order valence-electron chi connectivity index (χ1n) is 6.40. The first-order valence-corrected chi connectivity index (χ1v) is 7.22. The van der Waals surface area contributed by atoms with Crippen LogP contribution in [0.2, 0.25) is 0 Å². The summed E-state index contributed by atoms with van der Waals surface area (Å²) in [7, 11) is 0. The maximum absolute atomic E-state index is 10.0. The molecule has 0 bridgehead atoms. The minimum atomic E-state index is 0.123. The van der Waals surface area contributed by atoms with Crippen LogP contribution >= 0.6 is 11.3 Å². The van der Waals surface area contributed by atoms with Gasteiger partial charge in [0.05, 0.1) is 0 Å². The monoisotopic (exact) mass is 298 g/mol. The summed E-state index contributed by atoms with van der Waals surface area (Å²) in [5.74, 6) is 5.70. The van der Waals surface area contributed by atoms with Crippen molar-refractivity contribution in [1.29, 1.82) is 0 Å². The van der Waals surface area contributed by atoms with Gasteiger partial charge in [-0.3, -0.25) is 0 Å². The summed E-state index contributed by atoms with van der Waals surface area (Å²) in [6.07, 6.45) is 1.50. The molecule has 0 atom stereocenters. The SMILES string of the molecule is Cc1sc2ncnc(/C(=N/N)c3ccccc3O)c2c1C. The molecule has 0 saturated carbocycles. The van der Waals surface area contributed by atoms with Crippen LogP contribution in [0.1, 0.15) is 21.7 Å². The Morgan fingerprint density at radius 1 is 1.24 bits per heavy atom. The van der Waals surface area contributed by atoms with E-state index in [1.54, 1.807) is 29.5 Å². The number of benzene rings is 1. The second kappa shape index (κ2) is 5.14. The summed E-state index contributed by atoms with van der Waals surface area (Å²) < 4.78 is 0. The third-order valence-corrected chi connectivity index (χ3v) is 4.59. The molecule has 0 saturated heterocycles. The van der Waals surface area contributed by atoms with Gasteiger partial charge in [-0.05, 0) is 31.5 Å². The van der Waals surface area contributed by atoms with Gasteiger partial charge < -0.3 is 10.9 Å². The Balaban J connectivity index is 2.31. The van der Waals surface area contributed by atoms with Crippen molar-refractivity contribution in [3.05, 3.63) is 52.3 Å². The molecule has 3 aromatic rings. The number of hydrogen-bond donors (Lipinski definition) is 2. The maximum atomic E-state index is 10.0. The Hall–Kier alpha value is -2.47. The van der Waals surface area contributed by atoms with Gasteiger partial charge in [-0.1, -0.05) is 12.1 Å². The van der Waals surface area contributed by atoms with E-state index in [0.29, 0.717) is 17.0 Å². The molecule has 0 aliphatic rings. The zero-order valence-electron chi connectivity index (χ0n) is 11.7. The van der Waals surface area contributed by atoms with E-state index < -0.39 is 0 Å². The summed E-state index contributed by atoms with van der Waals surface area (Å²) in [5.41, 5.74) is 2.78. The predicted octanol–water partition coefficient (Wildman–Crippen LogP) is 2.72. The van der Waals surface area contributed by atoms with Gasteiger partial charge in [-0.2, -0.15) is 5.10 Å². The first-order chi connectivity index (χ1) is 10.1. The second-order valence-electron chi connectivity index (χ2n) is 4.68. The Morgan fingerprint density at radius 3 is 2.71 bits per heavy atom. The summed E-state index contributed by atoms with van der Waals surface area (Å²) in [4.78, 5) is 10.7. The fourth-order valence-electron chi connectivity index (χ4n) is 2.29. The highest BCUT2D eigenvalue weighted by atomic mass is 32.1. The van der Waals surface area contributed by atoms with Crippen LogP contribution in [0.5, 0.6) is 5.75 Å². The van der Waals surface area contributed by atoms with E-state index in [9.17, 15) is 5.11 Å². The number of hydrogen-bond acceptors (Lipinski definition) is 6. The molecule has 3 N–H and O–H groups in total. The maximum Gasteiger partial charge on any atom is 0.127 e.